The Morgan fingerprint density at radius 3 is 2.52 bits per heavy atom. The van der Waals surface area contributed by atoms with Gasteiger partial charge in [-0.25, -0.2) is 9.78 Å². The Kier molecular flexibility index (Phi) is 7.25. The smallest absolute Gasteiger partial charge is 0.336 e. The topological polar surface area (TPSA) is 120 Å². The zero-order chi connectivity index (χ0) is 22.4. The maximum absolute atomic E-state index is 13.0. The van der Waals surface area contributed by atoms with Gasteiger partial charge in [-0.15, -0.1) is 11.6 Å². The fourth-order valence-electron chi connectivity index (χ4n) is 3.44. The second-order valence-electron chi connectivity index (χ2n) is 7.08. The average molecular weight is 442 g/mol. The van der Waals surface area contributed by atoms with Crippen LogP contribution in [0.15, 0.2) is 48.5 Å². The Hall–Kier alpha value is -3.39. The van der Waals surface area contributed by atoms with E-state index in [4.69, 9.17) is 22.0 Å². The number of amidine groups is 1. The van der Waals surface area contributed by atoms with Crippen LogP contribution in [-0.2, 0) is 7.05 Å². The molecule has 0 bridgehead atoms. The van der Waals surface area contributed by atoms with Crippen molar-refractivity contribution in [1.29, 1.82) is 5.41 Å². The van der Waals surface area contributed by atoms with Gasteiger partial charge in [-0.05, 0) is 37.1 Å². The second kappa shape index (κ2) is 10.1. The van der Waals surface area contributed by atoms with Gasteiger partial charge in [-0.2, -0.15) is 0 Å². The van der Waals surface area contributed by atoms with Crippen LogP contribution in [0.1, 0.15) is 45.4 Å². The number of carbonyl (C=O) groups is 2. The van der Waals surface area contributed by atoms with Crippen molar-refractivity contribution in [2.45, 2.75) is 18.9 Å². The number of nitrogens with one attached hydrogen (secondary N) is 3. The summed E-state index contributed by atoms with van der Waals surface area (Å²) in [5, 5.41) is 22.9. The molecule has 0 aliphatic rings. The minimum atomic E-state index is -1.16. The van der Waals surface area contributed by atoms with Gasteiger partial charge in [0.1, 0.15) is 11.7 Å². The molecule has 0 spiro atoms. The number of alkyl halides is 1. The molecular weight excluding hydrogens is 418 g/mol. The fraction of sp³-hybridized carbons (Fsp3) is 0.273. The Bertz CT molecular complexity index is 1110. The molecule has 162 valence electrons. The Balaban J connectivity index is 1.86. The molecule has 3 rings (SSSR count). The molecule has 31 heavy (non-hydrogen) atoms. The molecule has 0 aliphatic carbocycles. The van der Waals surface area contributed by atoms with Crippen LogP contribution in [0.5, 0.6) is 0 Å². The lowest BCUT2D eigenvalue weighted by Gasteiger charge is -2.19. The Labute approximate surface area is 184 Å². The number of halogens is 1. The molecule has 0 fully saturated rings. The molecule has 0 saturated carbocycles. The van der Waals surface area contributed by atoms with Crippen molar-refractivity contribution < 1.29 is 14.7 Å². The molecule has 1 amide bonds. The Morgan fingerprint density at radius 2 is 1.84 bits per heavy atom. The molecule has 8 nitrogen and oxygen atoms in total. The SMILES string of the molecule is Cn1c(C(CCCNC(=N)CCl)NC(=O)c2ccccc2C(=O)O)nc2ccccc21. The van der Waals surface area contributed by atoms with Crippen LogP contribution in [0.2, 0.25) is 0 Å². The van der Waals surface area contributed by atoms with Crippen LogP contribution in [0.3, 0.4) is 0 Å². The minimum Gasteiger partial charge on any atom is -0.478 e. The lowest BCUT2D eigenvalue weighted by atomic mass is 10.1. The number of aromatic carboxylic acids is 1. The van der Waals surface area contributed by atoms with Crippen LogP contribution in [0.4, 0.5) is 0 Å². The lowest BCUT2D eigenvalue weighted by Crippen LogP contribution is -2.32. The number of carbonyl (C=O) groups excluding carboxylic acids is 1. The number of fused-ring (bicyclic) bond motifs is 1. The van der Waals surface area contributed by atoms with E-state index in [1.165, 1.54) is 12.1 Å². The first kappa shape index (κ1) is 22.3. The summed E-state index contributed by atoms with van der Waals surface area (Å²) in [5.41, 5.74) is 1.79. The molecule has 1 aromatic heterocycles. The monoisotopic (exact) mass is 441 g/mol. The number of amides is 1. The highest BCUT2D eigenvalue weighted by molar-refractivity contribution is 6.27. The number of hydrogen-bond donors (Lipinski definition) is 4. The highest BCUT2D eigenvalue weighted by Crippen LogP contribution is 2.23. The van der Waals surface area contributed by atoms with Crippen LogP contribution >= 0.6 is 11.6 Å². The number of carboxylic acid groups (broad SMARTS) is 1. The number of imidazole rings is 1. The quantitative estimate of drug-likeness (QED) is 0.176. The molecule has 0 saturated heterocycles. The molecule has 1 unspecified atom stereocenters. The summed E-state index contributed by atoms with van der Waals surface area (Å²) in [6, 6.07) is 13.3. The first-order valence-electron chi connectivity index (χ1n) is 9.84. The van der Waals surface area contributed by atoms with Crippen molar-refractivity contribution in [1.82, 2.24) is 20.2 Å². The standard InChI is InChI=1S/C22H24ClN5O3/c1-28-18-11-5-4-9-16(18)26-20(28)17(10-6-12-25-19(24)13-23)27-21(29)14-7-2-3-8-15(14)22(30)31/h2-5,7-9,11,17H,6,10,12-13H2,1H3,(H2,24,25)(H,27,29)(H,30,31). The lowest BCUT2D eigenvalue weighted by molar-refractivity contribution is 0.0690. The van der Waals surface area contributed by atoms with E-state index in [0.717, 1.165) is 11.0 Å². The third-order valence-electron chi connectivity index (χ3n) is 4.98. The van der Waals surface area contributed by atoms with E-state index in [2.05, 4.69) is 10.6 Å². The average Bonchev–Trinajstić information content (AvgIpc) is 3.12. The highest BCUT2D eigenvalue weighted by Gasteiger charge is 2.23. The van der Waals surface area contributed by atoms with Crippen molar-refractivity contribution in [3.8, 4) is 0 Å². The number of aromatic nitrogens is 2. The van der Waals surface area contributed by atoms with Crippen LogP contribution in [0, 0.1) is 5.41 Å². The summed E-state index contributed by atoms with van der Waals surface area (Å²) in [4.78, 5) is 29.2. The molecule has 0 radical (unpaired) electrons. The molecule has 1 heterocycles. The normalized spacial score (nSPS) is 11.8. The molecule has 9 heteroatoms. The van der Waals surface area contributed by atoms with Crippen LogP contribution in [0.25, 0.3) is 11.0 Å². The van der Waals surface area contributed by atoms with Gasteiger partial charge in [0.05, 0.1) is 34.1 Å². The van der Waals surface area contributed by atoms with Gasteiger partial charge in [0.25, 0.3) is 5.91 Å². The number of rotatable bonds is 9. The largest absolute Gasteiger partial charge is 0.478 e. The first-order chi connectivity index (χ1) is 14.9. The molecule has 1 atom stereocenters. The second-order valence-corrected chi connectivity index (χ2v) is 7.34. The first-order valence-corrected chi connectivity index (χ1v) is 10.4. The maximum Gasteiger partial charge on any atom is 0.336 e. The summed E-state index contributed by atoms with van der Waals surface area (Å²) in [5.74, 6) is -0.614. The van der Waals surface area contributed by atoms with Gasteiger partial charge in [0, 0.05) is 13.6 Å². The van der Waals surface area contributed by atoms with Crippen molar-refractivity contribution in [2.75, 3.05) is 12.4 Å². The van der Waals surface area contributed by atoms with E-state index < -0.39 is 17.9 Å². The molecular formula is C22H24ClN5O3. The van der Waals surface area contributed by atoms with Gasteiger partial charge in [-0.3, -0.25) is 10.2 Å². The third kappa shape index (κ3) is 5.21. The van der Waals surface area contributed by atoms with Crippen LogP contribution in [-0.4, -0.2) is 44.8 Å². The summed E-state index contributed by atoms with van der Waals surface area (Å²) < 4.78 is 1.93. The predicted octanol–water partition coefficient (Wildman–Crippen LogP) is 3.33. The van der Waals surface area contributed by atoms with E-state index in [1.54, 1.807) is 12.1 Å². The summed E-state index contributed by atoms with van der Waals surface area (Å²) in [7, 11) is 1.89. The summed E-state index contributed by atoms with van der Waals surface area (Å²) in [6.07, 6.45) is 1.19. The van der Waals surface area contributed by atoms with Crippen LogP contribution < -0.4 is 10.6 Å². The van der Waals surface area contributed by atoms with Crippen molar-refractivity contribution in [3.63, 3.8) is 0 Å². The van der Waals surface area contributed by atoms with Crippen molar-refractivity contribution >= 4 is 40.3 Å². The predicted molar refractivity (Wildman–Crippen MR) is 120 cm³/mol. The number of nitrogens with zero attached hydrogens (tertiary/aromatic N) is 2. The molecule has 0 aliphatic heterocycles. The van der Waals surface area contributed by atoms with E-state index >= 15 is 0 Å². The van der Waals surface area contributed by atoms with Gasteiger partial charge in [0.2, 0.25) is 0 Å². The number of hydrogen-bond acceptors (Lipinski definition) is 4. The van der Waals surface area contributed by atoms with E-state index in [1.807, 2.05) is 35.9 Å². The van der Waals surface area contributed by atoms with Crippen molar-refractivity contribution in [2.24, 2.45) is 7.05 Å². The van der Waals surface area contributed by atoms with E-state index in [-0.39, 0.29) is 22.8 Å². The number of para-hydroxylation sites is 2. The van der Waals surface area contributed by atoms with Gasteiger partial charge >= 0.3 is 5.97 Å². The molecule has 3 aromatic rings. The van der Waals surface area contributed by atoms with E-state index in [0.29, 0.717) is 25.2 Å². The minimum absolute atomic E-state index is 0.0546. The fourth-order valence-corrected chi connectivity index (χ4v) is 3.53. The summed E-state index contributed by atoms with van der Waals surface area (Å²) in [6.45, 7) is 0.521. The number of benzene rings is 2. The van der Waals surface area contributed by atoms with Gasteiger partial charge < -0.3 is 20.3 Å². The molecule has 2 aromatic carbocycles. The van der Waals surface area contributed by atoms with Crippen molar-refractivity contribution in [3.05, 3.63) is 65.5 Å². The highest BCUT2D eigenvalue weighted by atomic mass is 35.5. The van der Waals surface area contributed by atoms with E-state index in [9.17, 15) is 14.7 Å². The van der Waals surface area contributed by atoms with Gasteiger partial charge in [0.15, 0.2) is 0 Å². The maximum atomic E-state index is 13.0. The number of aryl methyl sites for hydroxylation is 1. The van der Waals surface area contributed by atoms with Gasteiger partial charge in [-0.1, -0.05) is 24.3 Å². The zero-order valence-electron chi connectivity index (χ0n) is 17.1. The third-order valence-corrected chi connectivity index (χ3v) is 5.25. The Morgan fingerprint density at radius 1 is 1.16 bits per heavy atom. The number of carboxylic acids is 1. The summed E-state index contributed by atoms with van der Waals surface area (Å²) >= 11 is 5.63. The zero-order valence-corrected chi connectivity index (χ0v) is 17.8. The molecule has 4 N–H and O–H groups in total.